The van der Waals surface area contributed by atoms with Crippen molar-refractivity contribution in [1.82, 2.24) is 9.97 Å². The number of H-pyrrole nitrogens is 1. The molecule has 1 amide bonds. The van der Waals surface area contributed by atoms with Gasteiger partial charge >= 0.3 is 0 Å². The zero-order valence-corrected chi connectivity index (χ0v) is 19.3. The molecule has 0 spiro atoms. The van der Waals surface area contributed by atoms with Crippen LogP contribution in [0.5, 0.6) is 17.2 Å². The van der Waals surface area contributed by atoms with E-state index in [9.17, 15) is 14.7 Å². The van der Waals surface area contributed by atoms with E-state index in [2.05, 4.69) is 15.3 Å². The van der Waals surface area contributed by atoms with Crippen LogP contribution in [0.25, 0.3) is 22.9 Å². The highest BCUT2D eigenvalue weighted by atomic mass is 16.5. The normalized spacial score (nSPS) is 11.2. The fourth-order valence-corrected chi connectivity index (χ4v) is 3.53. The van der Waals surface area contributed by atoms with Gasteiger partial charge in [-0.05, 0) is 36.4 Å². The molecule has 4 aromatic rings. The lowest BCUT2D eigenvalue weighted by molar-refractivity contribution is 0.102. The summed E-state index contributed by atoms with van der Waals surface area (Å²) in [5.74, 6) is 0.472. The van der Waals surface area contributed by atoms with Crippen LogP contribution in [0, 0.1) is 0 Å². The topological polar surface area (TPSA) is 123 Å². The fourth-order valence-electron chi connectivity index (χ4n) is 3.53. The number of aliphatic hydroxyl groups is 1. The molecule has 0 bridgehead atoms. The number of methoxy groups -OCH3 is 3. The lowest BCUT2D eigenvalue weighted by Gasteiger charge is -2.14. The van der Waals surface area contributed by atoms with E-state index in [-0.39, 0.29) is 17.0 Å². The number of rotatable bonds is 7. The second-order valence-electron chi connectivity index (χ2n) is 7.45. The van der Waals surface area contributed by atoms with Crippen molar-refractivity contribution >= 4 is 34.5 Å². The van der Waals surface area contributed by atoms with Gasteiger partial charge in [0.15, 0.2) is 11.5 Å². The number of para-hydroxylation sites is 2. The molecule has 1 aromatic heterocycles. The summed E-state index contributed by atoms with van der Waals surface area (Å²) in [6, 6.07) is 16.8. The number of aromatic nitrogens is 2. The minimum atomic E-state index is -0.429. The molecule has 0 saturated carbocycles. The average molecular weight is 473 g/mol. The molecule has 0 saturated heterocycles. The van der Waals surface area contributed by atoms with Crippen molar-refractivity contribution in [3.8, 4) is 17.2 Å². The number of aromatic amines is 1. The summed E-state index contributed by atoms with van der Waals surface area (Å²) < 4.78 is 15.9. The van der Waals surface area contributed by atoms with Crippen molar-refractivity contribution in [1.29, 1.82) is 0 Å². The first kappa shape index (κ1) is 23.4. The lowest BCUT2D eigenvalue weighted by Crippen LogP contribution is -2.13. The monoisotopic (exact) mass is 473 g/mol. The highest BCUT2D eigenvalue weighted by Crippen LogP contribution is 2.38. The molecule has 0 aliphatic rings. The van der Waals surface area contributed by atoms with Crippen molar-refractivity contribution < 1.29 is 24.1 Å². The number of aliphatic hydroxyl groups excluding tert-OH is 1. The third-order valence-electron chi connectivity index (χ3n) is 5.24. The number of carbonyl (C=O) groups excluding carboxylic acids is 1. The van der Waals surface area contributed by atoms with Crippen molar-refractivity contribution in [2.45, 2.75) is 0 Å². The van der Waals surface area contributed by atoms with E-state index in [4.69, 9.17) is 14.2 Å². The van der Waals surface area contributed by atoms with Crippen LogP contribution >= 0.6 is 0 Å². The number of benzene rings is 3. The van der Waals surface area contributed by atoms with Crippen LogP contribution in [0.4, 0.5) is 5.69 Å². The highest BCUT2D eigenvalue weighted by Gasteiger charge is 2.17. The van der Waals surface area contributed by atoms with Gasteiger partial charge in [-0.15, -0.1) is 0 Å². The SMILES string of the molecule is COc1cc(C(=O)Nc2cccc(/C(O)=C/c3nc4ccccc4[nH]c3=O)c2)cc(OC)c1OC. The van der Waals surface area contributed by atoms with Crippen LogP contribution in [0.1, 0.15) is 21.6 Å². The Kier molecular flexibility index (Phi) is 6.68. The fraction of sp³-hybridized carbons (Fsp3) is 0.115. The van der Waals surface area contributed by atoms with E-state index in [1.165, 1.54) is 39.5 Å². The van der Waals surface area contributed by atoms with Gasteiger partial charge in [-0.1, -0.05) is 24.3 Å². The van der Waals surface area contributed by atoms with Gasteiger partial charge in [-0.3, -0.25) is 9.59 Å². The molecule has 0 radical (unpaired) electrons. The van der Waals surface area contributed by atoms with Gasteiger partial charge < -0.3 is 29.6 Å². The zero-order chi connectivity index (χ0) is 24.9. The Bertz CT molecular complexity index is 1470. The zero-order valence-electron chi connectivity index (χ0n) is 19.3. The molecule has 0 atom stereocenters. The molecule has 9 nitrogen and oxygen atoms in total. The largest absolute Gasteiger partial charge is 0.507 e. The molecule has 35 heavy (non-hydrogen) atoms. The third-order valence-corrected chi connectivity index (χ3v) is 5.24. The smallest absolute Gasteiger partial charge is 0.274 e. The van der Waals surface area contributed by atoms with E-state index in [1.807, 2.05) is 0 Å². The maximum atomic E-state index is 12.9. The predicted octanol–water partition coefficient (Wildman–Crippen LogP) is 4.26. The van der Waals surface area contributed by atoms with Crippen LogP contribution in [-0.2, 0) is 0 Å². The quantitative estimate of drug-likeness (QED) is 0.343. The molecule has 178 valence electrons. The molecule has 0 unspecified atom stereocenters. The van der Waals surface area contributed by atoms with E-state index < -0.39 is 11.5 Å². The third kappa shape index (κ3) is 4.93. The summed E-state index contributed by atoms with van der Waals surface area (Å²) in [4.78, 5) is 32.3. The van der Waals surface area contributed by atoms with Crippen LogP contribution in [0.2, 0.25) is 0 Å². The van der Waals surface area contributed by atoms with Crippen LogP contribution in [0.3, 0.4) is 0 Å². The molecular weight excluding hydrogens is 450 g/mol. The number of hydrogen-bond donors (Lipinski definition) is 3. The van der Waals surface area contributed by atoms with Gasteiger partial charge in [0.1, 0.15) is 11.5 Å². The Labute approximate surface area is 200 Å². The number of ether oxygens (including phenoxy) is 3. The van der Waals surface area contributed by atoms with E-state index in [0.29, 0.717) is 39.5 Å². The second-order valence-corrected chi connectivity index (χ2v) is 7.45. The summed E-state index contributed by atoms with van der Waals surface area (Å²) in [6.45, 7) is 0. The number of amides is 1. The van der Waals surface area contributed by atoms with Gasteiger partial charge in [-0.25, -0.2) is 4.98 Å². The van der Waals surface area contributed by atoms with Crippen LogP contribution in [-0.4, -0.2) is 42.3 Å². The maximum Gasteiger partial charge on any atom is 0.274 e. The number of nitrogens with zero attached hydrogens (tertiary/aromatic N) is 1. The highest BCUT2D eigenvalue weighted by molar-refractivity contribution is 6.05. The molecule has 0 aliphatic heterocycles. The number of anilines is 1. The maximum absolute atomic E-state index is 12.9. The summed E-state index contributed by atoms with van der Waals surface area (Å²) in [6.07, 6.45) is 1.28. The first-order valence-corrected chi connectivity index (χ1v) is 10.5. The Morgan fingerprint density at radius 2 is 1.66 bits per heavy atom. The molecule has 4 rings (SSSR count). The number of fused-ring (bicyclic) bond motifs is 1. The lowest BCUT2D eigenvalue weighted by atomic mass is 10.1. The van der Waals surface area contributed by atoms with E-state index >= 15 is 0 Å². The molecule has 0 aliphatic carbocycles. The van der Waals surface area contributed by atoms with Crippen molar-refractivity contribution in [2.24, 2.45) is 0 Å². The Balaban J connectivity index is 1.61. The van der Waals surface area contributed by atoms with Crippen molar-refractivity contribution in [2.75, 3.05) is 26.6 Å². The minimum absolute atomic E-state index is 0.0630. The van der Waals surface area contributed by atoms with Crippen molar-refractivity contribution in [3.63, 3.8) is 0 Å². The summed E-state index contributed by atoms with van der Waals surface area (Å²) in [5.41, 5.74) is 1.94. The number of carbonyl (C=O) groups is 1. The first-order valence-electron chi connectivity index (χ1n) is 10.5. The molecule has 3 N–H and O–H groups in total. The minimum Gasteiger partial charge on any atom is -0.507 e. The summed E-state index contributed by atoms with van der Waals surface area (Å²) in [7, 11) is 4.41. The Morgan fingerprint density at radius 3 is 2.34 bits per heavy atom. The summed E-state index contributed by atoms with van der Waals surface area (Å²) >= 11 is 0. The van der Waals surface area contributed by atoms with Gasteiger partial charge in [-0.2, -0.15) is 0 Å². The average Bonchev–Trinajstić information content (AvgIpc) is 2.88. The van der Waals surface area contributed by atoms with E-state index in [0.717, 1.165) is 0 Å². The van der Waals surface area contributed by atoms with E-state index in [1.54, 1.807) is 48.5 Å². The predicted molar refractivity (Wildman–Crippen MR) is 133 cm³/mol. The first-order chi connectivity index (χ1) is 16.9. The van der Waals surface area contributed by atoms with Gasteiger partial charge in [0, 0.05) is 22.9 Å². The van der Waals surface area contributed by atoms with Crippen LogP contribution < -0.4 is 25.1 Å². The second kappa shape index (κ2) is 10.0. The molecule has 1 heterocycles. The number of nitrogens with one attached hydrogen (secondary N) is 2. The van der Waals surface area contributed by atoms with Gasteiger partial charge in [0.2, 0.25) is 5.75 Å². The number of hydrogen-bond acceptors (Lipinski definition) is 7. The standard InChI is InChI=1S/C26H23N3O6/c1-33-22-12-16(13-23(34-2)24(22)35-3)25(31)27-17-8-6-7-15(11-17)21(30)14-20-26(32)29-19-10-5-4-9-18(19)28-20/h4-14,30H,1-3H3,(H,27,31)(H,29,32)/b21-14-. The van der Waals surface area contributed by atoms with Gasteiger partial charge in [0.25, 0.3) is 11.5 Å². The van der Waals surface area contributed by atoms with Gasteiger partial charge in [0.05, 0.1) is 32.4 Å². The van der Waals surface area contributed by atoms with Crippen molar-refractivity contribution in [3.05, 3.63) is 87.8 Å². The Morgan fingerprint density at radius 1 is 0.943 bits per heavy atom. The van der Waals surface area contributed by atoms with Crippen LogP contribution in [0.15, 0.2) is 65.5 Å². The molecule has 3 aromatic carbocycles. The molecule has 0 fully saturated rings. The Hall–Kier alpha value is -4.79. The molecular formula is C26H23N3O6. The molecule has 9 heteroatoms. The summed E-state index contributed by atoms with van der Waals surface area (Å²) in [5, 5.41) is 13.4.